The van der Waals surface area contributed by atoms with Crippen LogP contribution in [0.25, 0.3) is 11.1 Å². The van der Waals surface area contributed by atoms with Crippen molar-refractivity contribution in [1.29, 1.82) is 0 Å². The molecule has 0 bridgehead atoms. The van der Waals surface area contributed by atoms with E-state index in [1.807, 2.05) is 25.2 Å². The van der Waals surface area contributed by atoms with Gasteiger partial charge in [-0.1, -0.05) is 26.3 Å². The lowest BCUT2D eigenvalue weighted by molar-refractivity contribution is 0.384. The van der Waals surface area contributed by atoms with Crippen LogP contribution in [0.4, 0.5) is 0 Å². The van der Waals surface area contributed by atoms with E-state index in [0.717, 1.165) is 11.1 Å². The molecule has 0 saturated heterocycles. The monoisotopic (exact) mass is 248 g/mol. The SMILES string of the molecule is CCCC(C)C(NC)c1ccc2[nH]c(=O)oc2c1. The van der Waals surface area contributed by atoms with Gasteiger partial charge in [-0.15, -0.1) is 0 Å². The van der Waals surface area contributed by atoms with Crippen molar-refractivity contribution in [3.8, 4) is 0 Å². The van der Waals surface area contributed by atoms with Gasteiger partial charge < -0.3 is 9.73 Å². The number of H-pyrrole nitrogens is 1. The van der Waals surface area contributed by atoms with E-state index in [1.54, 1.807) is 0 Å². The van der Waals surface area contributed by atoms with Crippen LogP contribution >= 0.6 is 0 Å². The van der Waals surface area contributed by atoms with Crippen LogP contribution in [0, 0.1) is 5.92 Å². The third-order valence-corrected chi connectivity index (χ3v) is 3.43. The summed E-state index contributed by atoms with van der Waals surface area (Å²) in [6, 6.07) is 6.18. The predicted octanol–water partition coefficient (Wildman–Crippen LogP) is 2.82. The molecular weight excluding hydrogens is 228 g/mol. The Morgan fingerprint density at radius 1 is 1.44 bits per heavy atom. The molecule has 2 aromatic rings. The molecule has 0 aliphatic carbocycles. The second-order valence-electron chi connectivity index (χ2n) is 4.80. The first-order valence-corrected chi connectivity index (χ1v) is 6.45. The molecule has 0 fully saturated rings. The first-order valence-electron chi connectivity index (χ1n) is 6.45. The lowest BCUT2D eigenvalue weighted by atomic mass is 9.91. The molecule has 2 N–H and O–H groups in total. The maximum Gasteiger partial charge on any atom is 0.417 e. The second kappa shape index (κ2) is 5.40. The number of rotatable bonds is 5. The minimum Gasteiger partial charge on any atom is -0.408 e. The molecule has 2 unspecified atom stereocenters. The van der Waals surface area contributed by atoms with Crippen molar-refractivity contribution in [2.24, 2.45) is 5.92 Å². The molecule has 0 radical (unpaired) electrons. The number of hydrogen-bond acceptors (Lipinski definition) is 3. The molecule has 1 heterocycles. The molecule has 0 spiro atoms. The highest BCUT2D eigenvalue weighted by atomic mass is 16.4. The summed E-state index contributed by atoms with van der Waals surface area (Å²) < 4.78 is 5.10. The average Bonchev–Trinajstić information content (AvgIpc) is 2.69. The Balaban J connectivity index is 2.35. The summed E-state index contributed by atoms with van der Waals surface area (Å²) in [6.07, 6.45) is 2.33. The number of aromatic nitrogens is 1. The standard InChI is InChI=1S/C14H20N2O2/c1-4-5-9(2)13(15-3)10-6-7-11-12(8-10)18-14(17)16-11/h6-9,13,15H,4-5H2,1-3H3,(H,16,17). The zero-order valence-corrected chi connectivity index (χ0v) is 11.1. The van der Waals surface area contributed by atoms with Gasteiger partial charge in [0.15, 0.2) is 5.58 Å². The molecule has 0 amide bonds. The average molecular weight is 248 g/mol. The maximum atomic E-state index is 11.1. The Labute approximate surface area is 106 Å². The van der Waals surface area contributed by atoms with Gasteiger partial charge >= 0.3 is 5.76 Å². The first kappa shape index (κ1) is 12.9. The fourth-order valence-electron chi connectivity index (χ4n) is 2.56. The Morgan fingerprint density at radius 2 is 2.22 bits per heavy atom. The summed E-state index contributed by atoms with van der Waals surface area (Å²) in [4.78, 5) is 13.8. The number of benzene rings is 1. The lowest BCUT2D eigenvalue weighted by Gasteiger charge is -2.23. The van der Waals surface area contributed by atoms with Crippen LogP contribution in [-0.2, 0) is 0 Å². The van der Waals surface area contributed by atoms with E-state index in [4.69, 9.17) is 4.42 Å². The van der Waals surface area contributed by atoms with Gasteiger partial charge in [0.2, 0.25) is 0 Å². The molecule has 2 rings (SSSR count). The molecule has 1 aromatic heterocycles. The largest absolute Gasteiger partial charge is 0.417 e. The maximum absolute atomic E-state index is 11.1. The third kappa shape index (κ3) is 2.48. The molecule has 18 heavy (non-hydrogen) atoms. The molecule has 1 aromatic carbocycles. The molecule has 0 aliphatic heterocycles. The minimum atomic E-state index is -0.398. The Kier molecular flexibility index (Phi) is 3.87. The molecule has 4 nitrogen and oxygen atoms in total. The summed E-state index contributed by atoms with van der Waals surface area (Å²) in [5.74, 6) is 0.146. The van der Waals surface area contributed by atoms with Gasteiger partial charge in [0.25, 0.3) is 0 Å². The highest BCUT2D eigenvalue weighted by Crippen LogP contribution is 2.27. The molecule has 2 atom stereocenters. The van der Waals surface area contributed by atoms with Crippen molar-refractivity contribution in [3.63, 3.8) is 0 Å². The molecule has 98 valence electrons. The molecule has 4 heteroatoms. The Bertz CT molecular complexity index is 570. The molecule has 0 aliphatic rings. The van der Waals surface area contributed by atoms with Crippen molar-refractivity contribution in [1.82, 2.24) is 10.3 Å². The van der Waals surface area contributed by atoms with E-state index < -0.39 is 5.76 Å². The van der Waals surface area contributed by atoms with E-state index in [2.05, 4.69) is 24.1 Å². The van der Waals surface area contributed by atoms with Crippen LogP contribution in [0.2, 0.25) is 0 Å². The smallest absolute Gasteiger partial charge is 0.408 e. The number of aromatic amines is 1. The highest BCUT2D eigenvalue weighted by molar-refractivity contribution is 5.72. The van der Waals surface area contributed by atoms with Gasteiger partial charge in [0.1, 0.15) is 0 Å². The number of hydrogen-bond donors (Lipinski definition) is 2. The van der Waals surface area contributed by atoms with Crippen LogP contribution < -0.4 is 11.1 Å². The molecule has 0 saturated carbocycles. The van der Waals surface area contributed by atoms with Crippen molar-refractivity contribution in [3.05, 3.63) is 34.3 Å². The van der Waals surface area contributed by atoms with E-state index in [1.165, 1.54) is 12.8 Å². The van der Waals surface area contributed by atoms with E-state index in [9.17, 15) is 4.79 Å². The summed E-state index contributed by atoms with van der Waals surface area (Å²) in [5.41, 5.74) is 2.54. The topological polar surface area (TPSA) is 58.0 Å². The van der Waals surface area contributed by atoms with Crippen molar-refractivity contribution >= 4 is 11.1 Å². The fourth-order valence-corrected chi connectivity index (χ4v) is 2.56. The quantitative estimate of drug-likeness (QED) is 0.855. The number of fused-ring (bicyclic) bond motifs is 1. The fraction of sp³-hybridized carbons (Fsp3) is 0.500. The van der Waals surface area contributed by atoms with Crippen LogP contribution in [0.15, 0.2) is 27.4 Å². The zero-order chi connectivity index (χ0) is 13.1. The van der Waals surface area contributed by atoms with E-state index >= 15 is 0 Å². The lowest BCUT2D eigenvalue weighted by Crippen LogP contribution is -2.23. The van der Waals surface area contributed by atoms with Crippen molar-refractivity contribution < 1.29 is 4.42 Å². The number of nitrogens with one attached hydrogen (secondary N) is 2. The third-order valence-electron chi connectivity index (χ3n) is 3.43. The highest BCUT2D eigenvalue weighted by Gasteiger charge is 2.17. The summed E-state index contributed by atoms with van der Waals surface area (Å²) in [5, 5.41) is 3.34. The molecular formula is C14H20N2O2. The van der Waals surface area contributed by atoms with E-state index in [-0.39, 0.29) is 6.04 Å². The summed E-state index contributed by atoms with van der Waals surface area (Å²) in [6.45, 7) is 4.43. The van der Waals surface area contributed by atoms with Gasteiger partial charge in [-0.05, 0) is 37.1 Å². The van der Waals surface area contributed by atoms with Gasteiger partial charge in [0, 0.05) is 6.04 Å². The van der Waals surface area contributed by atoms with E-state index in [0.29, 0.717) is 11.5 Å². The second-order valence-corrected chi connectivity index (χ2v) is 4.80. The van der Waals surface area contributed by atoms with Crippen LogP contribution in [-0.4, -0.2) is 12.0 Å². The van der Waals surface area contributed by atoms with Crippen molar-refractivity contribution in [2.75, 3.05) is 7.05 Å². The Hall–Kier alpha value is -1.55. The van der Waals surface area contributed by atoms with Crippen molar-refractivity contribution in [2.45, 2.75) is 32.7 Å². The summed E-state index contributed by atoms with van der Waals surface area (Å²) in [7, 11) is 1.97. The van der Waals surface area contributed by atoms with Crippen LogP contribution in [0.3, 0.4) is 0 Å². The minimum absolute atomic E-state index is 0.287. The van der Waals surface area contributed by atoms with Crippen LogP contribution in [0.5, 0.6) is 0 Å². The van der Waals surface area contributed by atoms with Gasteiger partial charge in [0.05, 0.1) is 5.52 Å². The first-order chi connectivity index (χ1) is 8.65. The Morgan fingerprint density at radius 3 is 2.89 bits per heavy atom. The van der Waals surface area contributed by atoms with Gasteiger partial charge in [-0.3, -0.25) is 4.98 Å². The normalized spacial score (nSPS) is 14.8. The summed E-state index contributed by atoms with van der Waals surface area (Å²) >= 11 is 0. The predicted molar refractivity (Wildman–Crippen MR) is 72.7 cm³/mol. The van der Waals surface area contributed by atoms with Gasteiger partial charge in [-0.2, -0.15) is 0 Å². The number of oxazole rings is 1. The van der Waals surface area contributed by atoms with Crippen LogP contribution in [0.1, 0.15) is 38.3 Å². The van der Waals surface area contributed by atoms with Gasteiger partial charge in [-0.25, -0.2) is 4.79 Å². The zero-order valence-electron chi connectivity index (χ0n) is 11.1.